The molecule has 0 aromatic rings. The van der Waals surface area contributed by atoms with Crippen LogP contribution in [-0.4, -0.2) is 23.7 Å². The number of nitrogens with one attached hydrogen (secondary N) is 1. The number of thiocarbonyl (C=S) groups is 1. The maximum Gasteiger partial charge on any atom is 0.222 e. The highest BCUT2D eigenvalue weighted by atomic mass is 32.1. The molecule has 0 aromatic heterocycles. The average Bonchev–Trinajstić information content (AvgIpc) is 1.86. The molecule has 0 atom stereocenters. The van der Waals surface area contributed by atoms with Gasteiger partial charge in [0.25, 0.3) is 0 Å². The van der Waals surface area contributed by atoms with E-state index in [1.807, 2.05) is 13.8 Å². The molecule has 0 radical (unpaired) electrons. The van der Waals surface area contributed by atoms with Crippen molar-refractivity contribution in [1.82, 2.24) is 5.32 Å². The van der Waals surface area contributed by atoms with Crippen molar-refractivity contribution < 1.29 is 4.79 Å². The minimum absolute atomic E-state index is 0.00833. The molecule has 0 fully saturated rings. The van der Waals surface area contributed by atoms with Crippen LogP contribution in [-0.2, 0) is 4.79 Å². The molecule has 0 aromatic carbocycles. The first-order chi connectivity index (χ1) is 5.16. The summed E-state index contributed by atoms with van der Waals surface area (Å²) in [4.78, 5) is 14.5. The van der Waals surface area contributed by atoms with E-state index in [0.29, 0.717) is 13.0 Å². The smallest absolute Gasteiger partial charge is 0.222 e. The molecule has 0 rings (SSSR count). The second-order valence-corrected chi connectivity index (χ2v) is 2.63. The van der Waals surface area contributed by atoms with Gasteiger partial charge in [-0.05, 0) is 26.1 Å². The van der Waals surface area contributed by atoms with Gasteiger partial charge < -0.3 is 5.32 Å². The molecule has 0 spiro atoms. The number of aliphatic imine (C=N–C) groups is 1. The first kappa shape index (κ1) is 10.3. The zero-order chi connectivity index (χ0) is 8.69. The molecule has 1 amide bonds. The predicted octanol–water partition coefficient (Wildman–Crippen LogP) is 1.00. The van der Waals surface area contributed by atoms with Gasteiger partial charge in [-0.2, -0.15) is 0 Å². The van der Waals surface area contributed by atoms with E-state index in [-0.39, 0.29) is 11.9 Å². The van der Waals surface area contributed by atoms with Crippen LogP contribution in [0, 0.1) is 0 Å². The highest BCUT2D eigenvalue weighted by molar-refractivity contribution is 7.78. The second kappa shape index (κ2) is 6.01. The van der Waals surface area contributed by atoms with Crippen LogP contribution in [0.2, 0.25) is 0 Å². The fourth-order valence-corrected chi connectivity index (χ4v) is 0.689. The van der Waals surface area contributed by atoms with Crippen LogP contribution in [0.25, 0.3) is 0 Å². The summed E-state index contributed by atoms with van der Waals surface area (Å²) in [6.07, 6.45) is 0.391. The molecule has 0 bridgehead atoms. The summed E-state index contributed by atoms with van der Waals surface area (Å²) >= 11 is 4.34. The van der Waals surface area contributed by atoms with Crippen molar-refractivity contribution in [3.05, 3.63) is 0 Å². The van der Waals surface area contributed by atoms with E-state index in [9.17, 15) is 4.79 Å². The van der Waals surface area contributed by atoms with Crippen LogP contribution in [0.15, 0.2) is 4.99 Å². The van der Waals surface area contributed by atoms with Gasteiger partial charge >= 0.3 is 0 Å². The third kappa shape index (κ3) is 7.16. The number of isothiocyanates is 1. The molecule has 0 heterocycles. The summed E-state index contributed by atoms with van der Waals surface area (Å²) in [6, 6.07) is 0.193. The number of amides is 1. The van der Waals surface area contributed by atoms with E-state index < -0.39 is 0 Å². The van der Waals surface area contributed by atoms with Crippen molar-refractivity contribution in [1.29, 1.82) is 0 Å². The van der Waals surface area contributed by atoms with E-state index in [1.54, 1.807) is 0 Å². The van der Waals surface area contributed by atoms with Crippen LogP contribution in [0.5, 0.6) is 0 Å². The number of nitrogens with zero attached hydrogens (tertiary/aromatic N) is 1. The maximum absolute atomic E-state index is 10.9. The minimum atomic E-state index is 0.00833. The fourth-order valence-electron chi connectivity index (χ4n) is 0.597. The lowest BCUT2D eigenvalue weighted by atomic mass is 10.3. The standard InChI is InChI=1S/C7H12N2OS/c1-6(2)9-7(10)3-4-8-5-11/h6H,3-4H2,1-2H3,(H,9,10). The van der Waals surface area contributed by atoms with Gasteiger partial charge in [-0.25, -0.2) is 4.99 Å². The maximum atomic E-state index is 10.9. The first-order valence-electron chi connectivity index (χ1n) is 3.50. The van der Waals surface area contributed by atoms with Crippen molar-refractivity contribution in [3.63, 3.8) is 0 Å². The summed E-state index contributed by atoms with van der Waals surface area (Å²) in [6.45, 7) is 4.27. The predicted molar refractivity (Wildman–Crippen MR) is 47.8 cm³/mol. The normalized spacial score (nSPS) is 9.00. The minimum Gasteiger partial charge on any atom is -0.354 e. The molecular formula is C7H12N2OS. The Balaban J connectivity index is 3.45. The van der Waals surface area contributed by atoms with Crippen LogP contribution in [0.3, 0.4) is 0 Å². The highest BCUT2D eigenvalue weighted by Gasteiger charge is 2.00. The molecule has 11 heavy (non-hydrogen) atoms. The molecule has 4 heteroatoms. The van der Waals surface area contributed by atoms with Crippen LogP contribution >= 0.6 is 12.2 Å². The number of carbonyl (C=O) groups is 1. The summed E-state index contributed by atoms with van der Waals surface area (Å²) in [5.41, 5.74) is 0. The third-order valence-electron chi connectivity index (χ3n) is 0.965. The zero-order valence-corrected chi connectivity index (χ0v) is 7.57. The van der Waals surface area contributed by atoms with E-state index in [0.717, 1.165) is 0 Å². The van der Waals surface area contributed by atoms with Gasteiger partial charge in [0.05, 0.1) is 11.7 Å². The van der Waals surface area contributed by atoms with E-state index in [2.05, 4.69) is 27.7 Å². The van der Waals surface area contributed by atoms with Gasteiger partial charge in [0.1, 0.15) is 0 Å². The molecular weight excluding hydrogens is 160 g/mol. The fraction of sp³-hybridized carbons (Fsp3) is 0.714. The number of rotatable bonds is 4. The van der Waals surface area contributed by atoms with E-state index in [4.69, 9.17) is 0 Å². The molecule has 0 aliphatic carbocycles. The van der Waals surface area contributed by atoms with Gasteiger partial charge in [-0.3, -0.25) is 4.79 Å². The topological polar surface area (TPSA) is 41.5 Å². The number of hydrogen-bond donors (Lipinski definition) is 1. The SMILES string of the molecule is CC(C)NC(=O)CCN=C=S. The molecule has 62 valence electrons. The largest absolute Gasteiger partial charge is 0.354 e. The lowest BCUT2D eigenvalue weighted by Gasteiger charge is -2.05. The molecule has 1 N–H and O–H groups in total. The van der Waals surface area contributed by atoms with Gasteiger partial charge in [-0.1, -0.05) is 0 Å². The Bertz CT molecular complexity index is 173. The summed E-state index contributed by atoms with van der Waals surface area (Å²) in [5, 5.41) is 4.95. The summed E-state index contributed by atoms with van der Waals surface area (Å²) < 4.78 is 0. The van der Waals surface area contributed by atoms with E-state index >= 15 is 0 Å². The number of carbonyl (C=O) groups excluding carboxylic acids is 1. The molecule has 0 aliphatic heterocycles. The van der Waals surface area contributed by atoms with Crippen LogP contribution < -0.4 is 5.32 Å². The van der Waals surface area contributed by atoms with Crippen molar-refractivity contribution >= 4 is 23.3 Å². The third-order valence-corrected chi connectivity index (χ3v) is 1.09. The molecule has 0 aliphatic rings. The van der Waals surface area contributed by atoms with Crippen LogP contribution in [0.1, 0.15) is 20.3 Å². The van der Waals surface area contributed by atoms with Crippen molar-refractivity contribution in [2.45, 2.75) is 26.3 Å². The van der Waals surface area contributed by atoms with Crippen molar-refractivity contribution in [2.75, 3.05) is 6.54 Å². The molecule has 0 saturated heterocycles. The Hall–Kier alpha value is -0.730. The van der Waals surface area contributed by atoms with Crippen molar-refractivity contribution in [2.24, 2.45) is 4.99 Å². The second-order valence-electron chi connectivity index (χ2n) is 2.45. The Kier molecular flexibility index (Phi) is 5.61. The van der Waals surface area contributed by atoms with E-state index in [1.165, 1.54) is 0 Å². The molecule has 3 nitrogen and oxygen atoms in total. The zero-order valence-electron chi connectivity index (χ0n) is 6.76. The summed E-state index contributed by atoms with van der Waals surface area (Å²) in [7, 11) is 0. The number of hydrogen-bond acceptors (Lipinski definition) is 3. The lowest BCUT2D eigenvalue weighted by molar-refractivity contribution is -0.121. The van der Waals surface area contributed by atoms with Gasteiger partial charge in [0.15, 0.2) is 0 Å². The monoisotopic (exact) mass is 172 g/mol. The molecule has 0 saturated carbocycles. The van der Waals surface area contributed by atoms with Gasteiger partial charge in [0.2, 0.25) is 5.91 Å². The van der Waals surface area contributed by atoms with Crippen LogP contribution in [0.4, 0.5) is 0 Å². The Morgan fingerprint density at radius 1 is 1.73 bits per heavy atom. The van der Waals surface area contributed by atoms with Gasteiger partial charge in [0, 0.05) is 12.5 Å². The summed E-state index contributed by atoms with van der Waals surface area (Å²) in [5.74, 6) is 0.00833. The Morgan fingerprint density at radius 2 is 2.36 bits per heavy atom. The lowest BCUT2D eigenvalue weighted by Crippen LogP contribution is -2.30. The Labute approximate surface area is 71.9 Å². The average molecular weight is 172 g/mol. The quantitative estimate of drug-likeness (QED) is 0.508. The van der Waals surface area contributed by atoms with Crippen molar-refractivity contribution in [3.8, 4) is 0 Å². The van der Waals surface area contributed by atoms with Gasteiger partial charge in [-0.15, -0.1) is 0 Å². The molecule has 0 unspecified atom stereocenters. The highest BCUT2D eigenvalue weighted by Crippen LogP contribution is 1.83. The Morgan fingerprint density at radius 3 is 2.82 bits per heavy atom. The first-order valence-corrected chi connectivity index (χ1v) is 3.90.